The van der Waals surface area contributed by atoms with E-state index in [1.165, 1.54) is 4.90 Å². The van der Waals surface area contributed by atoms with E-state index < -0.39 is 0 Å². The summed E-state index contributed by atoms with van der Waals surface area (Å²) in [5, 5.41) is 0.0820. The van der Waals surface area contributed by atoms with Crippen LogP contribution in [0.25, 0.3) is 6.08 Å². The van der Waals surface area contributed by atoms with Crippen molar-refractivity contribution in [1.82, 2.24) is 0 Å². The molecule has 1 heterocycles. The number of hydrogen-bond donors (Lipinski definition) is 0. The van der Waals surface area contributed by atoms with Crippen LogP contribution in [0.4, 0.5) is 10.5 Å². The van der Waals surface area contributed by atoms with Crippen LogP contribution in [0.1, 0.15) is 11.1 Å². The summed E-state index contributed by atoms with van der Waals surface area (Å²) in [6.07, 6.45) is 1.66. The van der Waals surface area contributed by atoms with Crippen LogP contribution >= 0.6 is 61.9 Å². The Bertz CT molecular complexity index is 1160. The van der Waals surface area contributed by atoms with Gasteiger partial charge in [0, 0.05) is 3.57 Å². The van der Waals surface area contributed by atoms with Gasteiger partial charge in [-0.1, -0.05) is 41.9 Å². The molecule has 156 valence electrons. The molecule has 1 fully saturated rings. The van der Waals surface area contributed by atoms with Crippen molar-refractivity contribution in [2.75, 3.05) is 4.90 Å². The molecule has 0 saturated carbocycles. The lowest BCUT2D eigenvalue weighted by molar-refractivity contribution is -0.113. The number of benzene rings is 3. The number of nitrogens with zero attached hydrogens (tertiary/aromatic N) is 1. The Hall–Kier alpha value is -1.81. The summed E-state index contributed by atoms with van der Waals surface area (Å²) in [4.78, 5) is 26.7. The molecular weight excluding hydrogens is 613 g/mol. The largest absolute Gasteiger partial charge is 0.486 e. The van der Waals surface area contributed by atoms with E-state index in [4.69, 9.17) is 16.3 Å². The van der Waals surface area contributed by atoms with Gasteiger partial charge in [-0.05, 0) is 104 Å². The molecule has 0 N–H and O–H groups in total. The second kappa shape index (κ2) is 9.77. The summed E-state index contributed by atoms with van der Waals surface area (Å²) in [6.45, 7) is 0.380. The highest BCUT2D eigenvalue weighted by Crippen LogP contribution is 2.39. The lowest BCUT2D eigenvalue weighted by Gasteiger charge is -2.12. The van der Waals surface area contributed by atoms with Crippen LogP contribution < -0.4 is 9.64 Å². The number of anilines is 1. The molecule has 3 aromatic carbocycles. The number of rotatable bonds is 5. The second-order valence-electron chi connectivity index (χ2n) is 6.58. The Kier molecular flexibility index (Phi) is 7.05. The molecule has 0 bridgehead atoms. The van der Waals surface area contributed by atoms with Gasteiger partial charge in [0.05, 0.1) is 20.1 Å². The van der Waals surface area contributed by atoms with E-state index in [-0.39, 0.29) is 11.1 Å². The predicted molar refractivity (Wildman–Crippen MR) is 138 cm³/mol. The molecule has 0 aromatic heterocycles. The molecule has 1 aliphatic rings. The number of amides is 2. The third-order valence-corrected chi connectivity index (χ3v) is 6.88. The van der Waals surface area contributed by atoms with E-state index in [9.17, 15) is 9.59 Å². The van der Waals surface area contributed by atoms with Gasteiger partial charge in [-0.25, -0.2) is 4.90 Å². The summed E-state index contributed by atoms with van der Waals surface area (Å²) in [6, 6.07) is 20.4. The lowest BCUT2D eigenvalue weighted by Crippen LogP contribution is -2.27. The topological polar surface area (TPSA) is 46.6 Å². The zero-order chi connectivity index (χ0) is 22.0. The molecule has 31 heavy (non-hydrogen) atoms. The van der Waals surface area contributed by atoms with Crippen LogP contribution in [-0.2, 0) is 11.4 Å². The molecule has 4 rings (SSSR count). The van der Waals surface area contributed by atoms with Crippen LogP contribution in [0.2, 0.25) is 5.02 Å². The number of imide groups is 1. The third kappa shape index (κ3) is 5.16. The van der Waals surface area contributed by atoms with Crippen LogP contribution in [0.5, 0.6) is 5.75 Å². The molecule has 1 aliphatic heterocycles. The minimum absolute atomic E-state index is 0.329. The molecular formula is C23H14BrClINO3S. The Morgan fingerprint density at radius 1 is 1.06 bits per heavy atom. The van der Waals surface area contributed by atoms with Crippen molar-refractivity contribution in [1.29, 1.82) is 0 Å². The van der Waals surface area contributed by atoms with Gasteiger partial charge < -0.3 is 4.74 Å². The van der Waals surface area contributed by atoms with Crippen LogP contribution in [-0.4, -0.2) is 11.1 Å². The summed E-state index contributed by atoms with van der Waals surface area (Å²) >= 11 is 13.1. The molecule has 4 nitrogen and oxygen atoms in total. The number of para-hydroxylation sites is 1. The highest BCUT2D eigenvalue weighted by atomic mass is 127. The fourth-order valence-electron chi connectivity index (χ4n) is 2.96. The van der Waals surface area contributed by atoms with Crippen LogP contribution in [0, 0.1) is 3.57 Å². The quantitative estimate of drug-likeness (QED) is 0.217. The second-order valence-corrected chi connectivity index (χ2v) is 10.1. The van der Waals surface area contributed by atoms with E-state index in [0.717, 1.165) is 20.9 Å². The minimum Gasteiger partial charge on any atom is -0.486 e. The van der Waals surface area contributed by atoms with Crippen LogP contribution in [0.3, 0.4) is 0 Å². The molecule has 3 aromatic rings. The van der Waals surface area contributed by atoms with Crippen molar-refractivity contribution in [3.63, 3.8) is 0 Å². The summed E-state index contributed by atoms with van der Waals surface area (Å²) in [5.74, 6) is 0.169. The number of ether oxygens (including phenoxy) is 1. The average molecular weight is 627 g/mol. The van der Waals surface area contributed by atoms with Gasteiger partial charge in [0.15, 0.2) is 5.75 Å². The molecule has 0 aliphatic carbocycles. The standard InChI is InChI=1S/C23H14BrClINO3S/c24-18-10-15(11-19(25)21(18)30-13-14-6-8-16(26)9-7-14)12-20-22(28)27(23(29)31-20)17-4-2-1-3-5-17/h1-12H,13H2/b20-12-. The number of thioether (sulfide) groups is 1. The smallest absolute Gasteiger partial charge is 0.298 e. The molecule has 2 amide bonds. The van der Waals surface area contributed by atoms with Crippen LogP contribution in [0.15, 0.2) is 76.1 Å². The van der Waals surface area contributed by atoms with E-state index >= 15 is 0 Å². The summed E-state index contributed by atoms with van der Waals surface area (Å²) in [5.41, 5.74) is 2.27. The first-order chi connectivity index (χ1) is 14.9. The Balaban J connectivity index is 1.54. The zero-order valence-electron chi connectivity index (χ0n) is 15.8. The Morgan fingerprint density at radius 2 is 1.77 bits per heavy atom. The normalized spacial score (nSPS) is 15.1. The molecule has 0 atom stereocenters. The maximum absolute atomic E-state index is 12.8. The molecule has 0 unspecified atom stereocenters. The van der Waals surface area contributed by atoms with Crippen molar-refractivity contribution in [3.05, 3.63) is 95.8 Å². The highest BCUT2D eigenvalue weighted by molar-refractivity contribution is 14.1. The van der Waals surface area contributed by atoms with Crippen molar-refractivity contribution < 1.29 is 14.3 Å². The van der Waals surface area contributed by atoms with E-state index in [1.807, 2.05) is 36.4 Å². The summed E-state index contributed by atoms with van der Waals surface area (Å²) < 4.78 is 7.72. The maximum atomic E-state index is 12.8. The maximum Gasteiger partial charge on any atom is 0.298 e. The van der Waals surface area contributed by atoms with Gasteiger partial charge in [0.1, 0.15) is 6.61 Å². The Labute approximate surface area is 210 Å². The van der Waals surface area contributed by atoms with Crippen molar-refractivity contribution in [2.24, 2.45) is 0 Å². The van der Waals surface area contributed by atoms with Gasteiger partial charge in [0.25, 0.3) is 11.1 Å². The van der Waals surface area contributed by atoms with Crippen molar-refractivity contribution >= 4 is 84.8 Å². The first kappa shape index (κ1) is 22.4. The monoisotopic (exact) mass is 625 g/mol. The van der Waals surface area contributed by atoms with Gasteiger partial charge >= 0.3 is 0 Å². The van der Waals surface area contributed by atoms with E-state index in [1.54, 1.807) is 36.4 Å². The van der Waals surface area contributed by atoms with E-state index in [2.05, 4.69) is 38.5 Å². The molecule has 0 radical (unpaired) electrons. The number of carbonyl (C=O) groups excluding carboxylic acids is 2. The first-order valence-electron chi connectivity index (χ1n) is 9.11. The predicted octanol–water partition coefficient (Wildman–Crippen LogP) is 7.53. The highest BCUT2D eigenvalue weighted by Gasteiger charge is 2.36. The fourth-order valence-corrected chi connectivity index (χ4v) is 5.15. The lowest BCUT2D eigenvalue weighted by atomic mass is 10.2. The number of halogens is 3. The number of carbonyl (C=O) groups is 2. The SMILES string of the molecule is O=C1S/C(=C\c2cc(Cl)c(OCc3ccc(I)cc3)c(Br)c2)C(=O)N1c1ccccc1. The van der Waals surface area contributed by atoms with Crippen molar-refractivity contribution in [3.8, 4) is 5.75 Å². The summed E-state index contributed by atoms with van der Waals surface area (Å²) in [7, 11) is 0. The first-order valence-corrected chi connectivity index (χ1v) is 12.2. The van der Waals surface area contributed by atoms with Gasteiger partial charge in [-0.2, -0.15) is 0 Å². The Morgan fingerprint density at radius 3 is 2.45 bits per heavy atom. The molecule has 1 saturated heterocycles. The average Bonchev–Trinajstić information content (AvgIpc) is 3.02. The van der Waals surface area contributed by atoms with Gasteiger partial charge in [-0.15, -0.1) is 0 Å². The molecule has 0 spiro atoms. The zero-order valence-corrected chi connectivity index (χ0v) is 21.2. The van der Waals surface area contributed by atoms with Gasteiger partial charge in [0.2, 0.25) is 0 Å². The van der Waals surface area contributed by atoms with Gasteiger partial charge in [-0.3, -0.25) is 9.59 Å². The van der Waals surface area contributed by atoms with E-state index in [0.29, 0.717) is 38.0 Å². The fraction of sp³-hybridized carbons (Fsp3) is 0.0435. The number of hydrogen-bond acceptors (Lipinski definition) is 4. The minimum atomic E-state index is -0.354. The third-order valence-electron chi connectivity index (χ3n) is 4.42. The van der Waals surface area contributed by atoms with Crippen molar-refractivity contribution in [2.45, 2.75) is 6.61 Å². The molecule has 8 heteroatoms.